The van der Waals surface area contributed by atoms with Crippen molar-refractivity contribution in [2.75, 3.05) is 26.3 Å². The van der Waals surface area contributed by atoms with Crippen molar-refractivity contribution in [1.29, 1.82) is 0 Å². The van der Waals surface area contributed by atoms with E-state index in [2.05, 4.69) is 34.2 Å². The second kappa shape index (κ2) is 12.1. The maximum absolute atomic E-state index is 14.1. The van der Waals surface area contributed by atoms with Gasteiger partial charge in [-0.15, -0.1) is 0 Å². The Labute approximate surface area is 242 Å². The van der Waals surface area contributed by atoms with Crippen LogP contribution in [0.4, 0.5) is 8.78 Å². The van der Waals surface area contributed by atoms with Crippen LogP contribution in [0.15, 0.2) is 85.5 Å². The monoisotopic (exact) mass is 577 g/mol. The fourth-order valence-electron chi connectivity index (χ4n) is 5.30. The molecule has 41 heavy (non-hydrogen) atoms. The minimum atomic E-state index is -1.36. The number of rotatable bonds is 9. The van der Waals surface area contributed by atoms with Crippen LogP contribution in [0.1, 0.15) is 22.3 Å². The largest absolute Gasteiger partial charge is 0.491 e. The van der Waals surface area contributed by atoms with Gasteiger partial charge in [-0.1, -0.05) is 42.0 Å². The molecule has 1 aromatic heterocycles. The van der Waals surface area contributed by atoms with Gasteiger partial charge in [0.2, 0.25) is 5.79 Å². The summed E-state index contributed by atoms with van der Waals surface area (Å²) >= 11 is 5.97. The van der Waals surface area contributed by atoms with E-state index in [9.17, 15) is 8.78 Å². The third-order valence-electron chi connectivity index (χ3n) is 7.36. The molecule has 0 saturated carbocycles. The van der Waals surface area contributed by atoms with Crippen LogP contribution in [-0.4, -0.2) is 46.9 Å². The number of nitrogens with zero attached hydrogens (tertiary/aromatic N) is 3. The standard InChI is InChI=1S/C32H30ClF2N3O3/c33-27-6-3-23(4-7-27)2-1-11-37-12-9-24-14-30(8-5-25(24)18-37)39-19-31-20-40-32(41-31,21-38-13-10-36-22-38)26-15-28(34)17-29(35)16-26/h1-8,10,13-17,22,31H,9,11-12,18-21H2/t31-,32-/m0/s1. The third kappa shape index (κ3) is 6.68. The highest BCUT2D eigenvalue weighted by Crippen LogP contribution is 2.37. The Morgan fingerprint density at radius 3 is 2.66 bits per heavy atom. The second-order valence-electron chi connectivity index (χ2n) is 10.4. The van der Waals surface area contributed by atoms with Gasteiger partial charge in [-0.25, -0.2) is 13.8 Å². The molecule has 0 bridgehead atoms. The van der Waals surface area contributed by atoms with E-state index in [1.54, 1.807) is 23.3 Å². The summed E-state index contributed by atoms with van der Waals surface area (Å²) in [7, 11) is 0. The van der Waals surface area contributed by atoms with Crippen LogP contribution in [0.2, 0.25) is 5.02 Å². The first-order chi connectivity index (χ1) is 19.9. The van der Waals surface area contributed by atoms with Gasteiger partial charge < -0.3 is 18.8 Å². The summed E-state index contributed by atoms with van der Waals surface area (Å²) in [5.74, 6) is -1.99. The zero-order valence-corrected chi connectivity index (χ0v) is 23.1. The Hall–Kier alpha value is -3.56. The molecule has 2 aliphatic rings. The smallest absolute Gasteiger partial charge is 0.214 e. The molecular formula is C32H30ClF2N3O3. The molecule has 212 valence electrons. The lowest BCUT2D eigenvalue weighted by Gasteiger charge is -2.29. The average Bonchev–Trinajstić information content (AvgIpc) is 3.63. The SMILES string of the molecule is Fc1cc(F)cc([C@@]2(Cn3ccnc3)OC[C@H](COc3ccc4c(c3)CCN(CC=Cc3ccc(Cl)cc3)C4)O2)c1. The lowest BCUT2D eigenvalue weighted by Crippen LogP contribution is -2.34. The molecule has 0 radical (unpaired) electrons. The number of aromatic nitrogens is 2. The minimum absolute atomic E-state index is 0.191. The van der Waals surface area contributed by atoms with E-state index in [1.807, 2.05) is 30.3 Å². The van der Waals surface area contributed by atoms with E-state index in [4.69, 9.17) is 25.8 Å². The van der Waals surface area contributed by atoms with Crippen LogP contribution in [0, 0.1) is 11.6 Å². The van der Waals surface area contributed by atoms with E-state index < -0.39 is 23.5 Å². The predicted octanol–water partition coefficient (Wildman–Crippen LogP) is 6.23. The van der Waals surface area contributed by atoms with Crippen molar-refractivity contribution in [3.8, 4) is 5.75 Å². The molecule has 3 heterocycles. The molecule has 3 aromatic carbocycles. The highest BCUT2D eigenvalue weighted by atomic mass is 35.5. The molecular weight excluding hydrogens is 548 g/mol. The summed E-state index contributed by atoms with van der Waals surface area (Å²) in [6.07, 6.45) is 9.79. The van der Waals surface area contributed by atoms with Crippen LogP contribution >= 0.6 is 11.6 Å². The molecule has 2 aliphatic heterocycles. The molecule has 1 saturated heterocycles. The van der Waals surface area contributed by atoms with E-state index in [1.165, 1.54) is 23.3 Å². The Kier molecular flexibility index (Phi) is 8.16. The molecule has 4 aromatic rings. The summed E-state index contributed by atoms with van der Waals surface area (Å²) in [5.41, 5.74) is 3.96. The van der Waals surface area contributed by atoms with Crippen LogP contribution in [0.25, 0.3) is 6.08 Å². The van der Waals surface area contributed by atoms with Crippen molar-refractivity contribution in [3.05, 3.63) is 124 Å². The van der Waals surface area contributed by atoms with Gasteiger partial charge in [0.1, 0.15) is 30.1 Å². The van der Waals surface area contributed by atoms with Crippen molar-refractivity contribution in [2.45, 2.75) is 31.4 Å². The van der Waals surface area contributed by atoms with E-state index in [0.717, 1.165) is 48.5 Å². The summed E-state index contributed by atoms with van der Waals surface area (Å²) < 4.78 is 48.4. The molecule has 0 amide bonds. The molecule has 9 heteroatoms. The number of fused-ring (bicyclic) bond motifs is 1. The second-order valence-corrected chi connectivity index (χ2v) is 10.8. The quantitative estimate of drug-likeness (QED) is 0.236. The molecule has 0 N–H and O–H groups in total. The predicted molar refractivity (Wildman–Crippen MR) is 152 cm³/mol. The maximum Gasteiger partial charge on any atom is 0.214 e. The lowest BCUT2D eigenvalue weighted by atomic mass is 9.99. The number of benzene rings is 3. The van der Waals surface area contributed by atoms with E-state index in [-0.39, 0.29) is 25.3 Å². The third-order valence-corrected chi connectivity index (χ3v) is 7.61. The zero-order valence-electron chi connectivity index (χ0n) is 22.4. The van der Waals surface area contributed by atoms with Crippen molar-refractivity contribution >= 4 is 17.7 Å². The van der Waals surface area contributed by atoms with Crippen LogP contribution in [0.3, 0.4) is 0 Å². The number of ether oxygens (including phenoxy) is 3. The molecule has 6 nitrogen and oxygen atoms in total. The number of imidazole rings is 1. The van der Waals surface area contributed by atoms with Crippen molar-refractivity contribution < 1.29 is 23.0 Å². The summed E-state index contributed by atoms with van der Waals surface area (Å²) in [6, 6.07) is 17.3. The normalized spacial score (nSPS) is 20.9. The van der Waals surface area contributed by atoms with Gasteiger partial charge in [-0.05, 0) is 59.5 Å². The highest BCUT2D eigenvalue weighted by Gasteiger charge is 2.44. The topological polar surface area (TPSA) is 48.8 Å². The summed E-state index contributed by atoms with van der Waals surface area (Å²) in [5, 5.41) is 0.738. The van der Waals surface area contributed by atoms with Gasteiger partial charge in [0.15, 0.2) is 0 Å². The van der Waals surface area contributed by atoms with Gasteiger partial charge in [-0.2, -0.15) is 0 Å². The van der Waals surface area contributed by atoms with Crippen LogP contribution in [-0.2, 0) is 34.8 Å². The first kappa shape index (κ1) is 27.6. The number of halogens is 3. The van der Waals surface area contributed by atoms with Crippen molar-refractivity contribution in [1.82, 2.24) is 14.5 Å². The molecule has 2 atom stereocenters. The van der Waals surface area contributed by atoms with Gasteiger partial charge in [0.25, 0.3) is 0 Å². The Morgan fingerprint density at radius 1 is 1.05 bits per heavy atom. The first-order valence-electron chi connectivity index (χ1n) is 13.6. The summed E-state index contributed by atoms with van der Waals surface area (Å²) in [6.45, 7) is 3.36. The molecule has 0 unspecified atom stereocenters. The van der Waals surface area contributed by atoms with Crippen LogP contribution in [0.5, 0.6) is 5.75 Å². The Bertz CT molecular complexity index is 1490. The average molecular weight is 578 g/mol. The number of hydrogen-bond acceptors (Lipinski definition) is 5. The Morgan fingerprint density at radius 2 is 1.88 bits per heavy atom. The lowest BCUT2D eigenvalue weighted by molar-refractivity contribution is -0.189. The van der Waals surface area contributed by atoms with E-state index >= 15 is 0 Å². The highest BCUT2D eigenvalue weighted by molar-refractivity contribution is 6.30. The van der Waals surface area contributed by atoms with E-state index in [0.29, 0.717) is 0 Å². The Balaban J connectivity index is 1.06. The van der Waals surface area contributed by atoms with Gasteiger partial charge in [0.05, 0.1) is 19.5 Å². The van der Waals surface area contributed by atoms with Gasteiger partial charge in [-0.3, -0.25) is 4.90 Å². The molecule has 1 fully saturated rings. The molecule has 6 rings (SSSR count). The maximum atomic E-state index is 14.1. The fraction of sp³-hybridized carbons (Fsp3) is 0.281. The van der Waals surface area contributed by atoms with Crippen LogP contribution < -0.4 is 4.74 Å². The van der Waals surface area contributed by atoms with Gasteiger partial charge >= 0.3 is 0 Å². The number of hydrogen-bond donors (Lipinski definition) is 0. The summed E-state index contributed by atoms with van der Waals surface area (Å²) in [4.78, 5) is 6.47. The van der Waals surface area contributed by atoms with Crippen molar-refractivity contribution in [3.63, 3.8) is 0 Å². The van der Waals surface area contributed by atoms with Gasteiger partial charge in [0, 0.05) is 48.7 Å². The molecule has 0 spiro atoms. The first-order valence-corrected chi connectivity index (χ1v) is 14.0. The zero-order chi connectivity index (χ0) is 28.2. The molecule has 0 aliphatic carbocycles. The van der Waals surface area contributed by atoms with Crippen molar-refractivity contribution in [2.24, 2.45) is 0 Å². The fourth-order valence-corrected chi connectivity index (χ4v) is 5.43. The minimum Gasteiger partial charge on any atom is -0.491 e.